The smallest absolute Gasteiger partial charge is 0.0402 e. The van der Waals surface area contributed by atoms with Gasteiger partial charge in [0, 0.05) is 6.61 Å². The van der Waals surface area contributed by atoms with Crippen molar-refractivity contribution in [3.05, 3.63) is 0 Å². The van der Waals surface area contributed by atoms with Gasteiger partial charge in [0.1, 0.15) is 0 Å². The van der Waals surface area contributed by atoms with Crippen molar-refractivity contribution in [1.29, 1.82) is 0 Å². The normalized spacial score (nSPS) is 14.5. The molecule has 0 aromatic heterocycles. The molecule has 1 aliphatic rings. The van der Waals surface area contributed by atoms with Crippen LogP contribution >= 0.6 is 0 Å². The van der Waals surface area contributed by atoms with E-state index in [1.54, 1.807) is 6.92 Å². The fourth-order valence-electron chi connectivity index (χ4n) is 2.51. The van der Waals surface area contributed by atoms with Gasteiger partial charge < -0.3 is 5.11 Å². The third-order valence-electron chi connectivity index (χ3n) is 3.44. The highest BCUT2D eigenvalue weighted by Crippen LogP contribution is 2.29. The molecule has 0 unspecified atom stereocenters. The van der Waals surface area contributed by atoms with Crippen molar-refractivity contribution in [2.24, 2.45) is 5.92 Å². The van der Waals surface area contributed by atoms with E-state index in [0.717, 1.165) is 5.92 Å². The molecule has 0 atom stereocenters. The highest BCUT2D eigenvalue weighted by atomic mass is 16.2. The van der Waals surface area contributed by atoms with E-state index in [2.05, 4.69) is 6.92 Å². The molecule has 0 aromatic carbocycles. The third kappa shape index (κ3) is 16.0. The lowest BCUT2D eigenvalue weighted by molar-refractivity contribution is 0.318. The number of aliphatic hydroxyl groups is 1. The second-order valence-corrected chi connectivity index (χ2v) is 5.02. The Morgan fingerprint density at radius 2 is 1.28 bits per heavy atom. The summed E-state index contributed by atoms with van der Waals surface area (Å²) in [6, 6.07) is 0. The molecular formula is C17H38O. The Morgan fingerprint density at radius 3 is 1.78 bits per heavy atom. The summed E-state index contributed by atoms with van der Waals surface area (Å²) in [5.74, 6) is 1.12. The highest BCUT2D eigenvalue weighted by molar-refractivity contribution is 4.66. The van der Waals surface area contributed by atoms with Crippen molar-refractivity contribution in [2.75, 3.05) is 6.61 Å². The molecular weight excluding hydrogens is 220 g/mol. The third-order valence-corrected chi connectivity index (χ3v) is 3.44. The SMILES string of the molecule is CC.CCCCCCCCC1CCCC1.CCO. The van der Waals surface area contributed by atoms with Crippen LogP contribution in [0.2, 0.25) is 0 Å². The minimum Gasteiger partial charge on any atom is -0.397 e. The van der Waals surface area contributed by atoms with Crippen LogP contribution < -0.4 is 0 Å². The Balaban J connectivity index is 0. The zero-order valence-corrected chi connectivity index (χ0v) is 13.5. The molecule has 0 aromatic rings. The maximum absolute atomic E-state index is 7.57. The molecule has 1 nitrogen and oxygen atoms in total. The fraction of sp³-hybridized carbons (Fsp3) is 1.00. The van der Waals surface area contributed by atoms with Crippen LogP contribution in [-0.2, 0) is 0 Å². The molecule has 1 aliphatic carbocycles. The Hall–Kier alpha value is -0.0400. The van der Waals surface area contributed by atoms with E-state index < -0.39 is 0 Å². The molecule has 0 amide bonds. The minimum absolute atomic E-state index is 0.250. The second kappa shape index (κ2) is 19.3. The lowest BCUT2D eigenvalue weighted by Crippen LogP contribution is -1.92. The summed E-state index contributed by atoms with van der Waals surface area (Å²) in [6.07, 6.45) is 16.4. The average molecular weight is 258 g/mol. The van der Waals surface area contributed by atoms with Crippen LogP contribution in [0.1, 0.15) is 98.3 Å². The summed E-state index contributed by atoms with van der Waals surface area (Å²) >= 11 is 0. The summed E-state index contributed by atoms with van der Waals surface area (Å²) in [4.78, 5) is 0. The summed E-state index contributed by atoms with van der Waals surface area (Å²) in [5, 5.41) is 7.57. The molecule has 1 heteroatoms. The maximum Gasteiger partial charge on any atom is 0.0402 e. The molecule has 112 valence electrons. The van der Waals surface area contributed by atoms with Crippen molar-refractivity contribution in [3.63, 3.8) is 0 Å². The predicted octanol–water partition coefficient (Wildman–Crippen LogP) is 5.95. The first-order chi connectivity index (χ1) is 8.85. The molecule has 0 aliphatic heterocycles. The molecule has 0 radical (unpaired) electrons. The standard InChI is InChI=1S/C13H26.C2H6O.C2H6/c1-2-3-4-5-6-7-10-13-11-8-9-12-13;1-2-3;1-2/h13H,2-12H2,1H3;3H,2H2,1H3;1-2H3. The van der Waals surface area contributed by atoms with Crippen LogP contribution in [-0.4, -0.2) is 11.7 Å². The summed E-state index contributed by atoms with van der Waals surface area (Å²) < 4.78 is 0. The van der Waals surface area contributed by atoms with E-state index in [0.29, 0.717) is 0 Å². The number of aliphatic hydroxyl groups excluding tert-OH is 1. The van der Waals surface area contributed by atoms with Crippen LogP contribution in [0, 0.1) is 5.92 Å². The Morgan fingerprint density at radius 1 is 0.833 bits per heavy atom. The van der Waals surface area contributed by atoms with Gasteiger partial charge in [-0.15, -0.1) is 0 Å². The highest BCUT2D eigenvalue weighted by Gasteiger charge is 2.13. The van der Waals surface area contributed by atoms with Crippen molar-refractivity contribution in [1.82, 2.24) is 0 Å². The van der Waals surface area contributed by atoms with E-state index in [-0.39, 0.29) is 6.61 Å². The molecule has 18 heavy (non-hydrogen) atoms. The quantitative estimate of drug-likeness (QED) is 0.559. The lowest BCUT2D eigenvalue weighted by atomic mass is 9.99. The van der Waals surface area contributed by atoms with Gasteiger partial charge in [-0.25, -0.2) is 0 Å². The lowest BCUT2D eigenvalue weighted by Gasteiger charge is -2.07. The molecule has 1 fully saturated rings. The number of rotatable bonds is 7. The first-order valence-electron chi connectivity index (χ1n) is 8.46. The topological polar surface area (TPSA) is 20.2 Å². The van der Waals surface area contributed by atoms with Gasteiger partial charge in [-0.05, 0) is 12.8 Å². The van der Waals surface area contributed by atoms with Crippen molar-refractivity contribution in [2.45, 2.75) is 98.3 Å². The van der Waals surface area contributed by atoms with Crippen molar-refractivity contribution >= 4 is 0 Å². The molecule has 0 heterocycles. The number of hydrogen-bond acceptors (Lipinski definition) is 1. The largest absolute Gasteiger partial charge is 0.397 e. The van der Waals surface area contributed by atoms with Gasteiger partial charge in [-0.3, -0.25) is 0 Å². The van der Waals surface area contributed by atoms with Crippen LogP contribution in [0.5, 0.6) is 0 Å². The van der Waals surface area contributed by atoms with Crippen molar-refractivity contribution in [3.8, 4) is 0 Å². The monoisotopic (exact) mass is 258 g/mol. The molecule has 0 saturated heterocycles. The second-order valence-electron chi connectivity index (χ2n) is 5.02. The molecule has 1 saturated carbocycles. The van der Waals surface area contributed by atoms with E-state index in [4.69, 9.17) is 5.11 Å². The zero-order valence-electron chi connectivity index (χ0n) is 13.5. The Labute approximate surface area is 116 Å². The van der Waals surface area contributed by atoms with Gasteiger partial charge in [0.05, 0.1) is 0 Å². The molecule has 0 bridgehead atoms. The van der Waals surface area contributed by atoms with Gasteiger partial charge >= 0.3 is 0 Å². The van der Waals surface area contributed by atoms with Crippen molar-refractivity contribution < 1.29 is 5.11 Å². The zero-order chi connectivity index (χ0) is 14.1. The van der Waals surface area contributed by atoms with Crippen LogP contribution in [0.4, 0.5) is 0 Å². The average Bonchev–Trinajstić information content (AvgIpc) is 2.90. The minimum atomic E-state index is 0.250. The Kier molecular flexibility index (Phi) is 21.7. The predicted molar refractivity (Wildman–Crippen MR) is 84.1 cm³/mol. The number of hydrogen-bond donors (Lipinski definition) is 1. The molecule has 1 rings (SSSR count). The maximum atomic E-state index is 7.57. The Bertz CT molecular complexity index is 117. The van der Waals surface area contributed by atoms with E-state index >= 15 is 0 Å². The van der Waals surface area contributed by atoms with Gasteiger partial charge in [0.25, 0.3) is 0 Å². The first-order valence-corrected chi connectivity index (χ1v) is 8.46. The first kappa shape index (κ1) is 20.3. The van der Waals surface area contributed by atoms with E-state index in [9.17, 15) is 0 Å². The van der Waals surface area contributed by atoms with E-state index in [1.165, 1.54) is 70.6 Å². The van der Waals surface area contributed by atoms with Crippen LogP contribution in [0.15, 0.2) is 0 Å². The summed E-state index contributed by atoms with van der Waals surface area (Å²) in [5.41, 5.74) is 0. The molecule has 1 N–H and O–H groups in total. The summed E-state index contributed by atoms with van der Waals surface area (Å²) in [6.45, 7) is 8.22. The van der Waals surface area contributed by atoms with Gasteiger partial charge in [-0.1, -0.05) is 91.4 Å². The van der Waals surface area contributed by atoms with Crippen LogP contribution in [0.25, 0.3) is 0 Å². The fourth-order valence-corrected chi connectivity index (χ4v) is 2.51. The summed E-state index contributed by atoms with van der Waals surface area (Å²) in [7, 11) is 0. The van der Waals surface area contributed by atoms with E-state index in [1.807, 2.05) is 13.8 Å². The van der Waals surface area contributed by atoms with Crippen LogP contribution in [0.3, 0.4) is 0 Å². The van der Waals surface area contributed by atoms with Gasteiger partial charge in [0.15, 0.2) is 0 Å². The number of unbranched alkanes of at least 4 members (excludes halogenated alkanes) is 5. The van der Waals surface area contributed by atoms with Gasteiger partial charge in [0.2, 0.25) is 0 Å². The molecule has 0 spiro atoms. The van der Waals surface area contributed by atoms with Gasteiger partial charge in [-0.2, -0.15) is 0 Å².